The lowest BCUT2D eigenvalue weighted by atomic mass is 10.2. The van der Waals surface area contributed by atoms with Crippen molar-refractivity contribution in [3.63, 3.8) is 0 Å². The molecule has 1 heterocycles. The lowest BCUT2D eigenvalue weighted by Gasteiger charge is -2.08. The third kappa shape index (κ3) is 5.32. The number of para-hydroxylation sites is 1. The number of benzene rings is 3. The van der Waals surface area contributed by atoms with Crippen LogP contribution in [-0.2, 0) is 31.7 Å². The SMILES string of the molecule is CC(=O)Nc1ccc(NC(=O)Cn2cc(S(=O)(=O)Cc3cccc(F)c3)c3ccccc32)cc1. The maximum Gasteiger partial charge on any atom is 0.244 e. The average molecular weight is 480 g/mol. The minimum Gasteiger partial charge on any atom is -0.337 e. The summed E-state index contributed by atoms with van der Waals surface area (Å²) >= 11 is 0. The van der Waals surface area contributed by atoms with Crippen LogP contribution in [0.3, 0.4) is 0 Å². The van der Waals surface area contributed by atoms with Crippen molar-refractivity contribution >= 4 is 43.9 Å². The summed E-state index contributed by atoms with van der Waals surface area (Å²) in [6.07, 6.45) is 1.44. The van der Waals surface area contributed by atoms with Crippen LogP contribution in [0.15, 0.2) is 83.9 Å². The Kier molecular flexibility index (Phi) is 6.47. The fourth-order valence-corrected chi connectivity index (χ4v) is 5.28. The number of aromatic nitrogens is 1. The second kappa shape index (κ2) is 9.48. The molecule has 0 aliphatic rings. The number of carbonyl (C=O) groups excluding carboxylic acids is 2. The van der Waals surface area contributed by atoms with E-state index in [1.165, 1.54) is 31.3 Å². The number of nitrogens with one attached hydrogen (secondary N) is 2. The van der Waals surface area contributed by atoms with Crippen molar-refractivity contribution in [2.75, 3.05) is 10.6 Å². The summed E-state index contributed by atoms with van der Waals surface area (Å²) in [6.45, 7) is 1.30. The molecule has 0 saturated carbocycles. The molecule has 4 aromatic rings. The number of carbonyl (C=O) groups is 2. The molecule has 0 spiro atoms. The molecular formula is C25H22FN3O4S. The van der Waals surface area contributed by atoms with E-state index in [1.807, 2.05) is 0 Å². The van der Waals surface area contributed by atoms with Gasteiger partial charge in [-0.3, -0.25) is 9.59 Å². The molecule has 1 aromatic heterocycles. The second-order valence-corrected chi connectivity index (χ2v) is 9.79. The normalized spacial score (nSPS) is 11.4. The summed E-state index contributed by atoms with van der Waals surface area (Å²) in [6, 6.07) is 19.0. The summed E-state index contributed by atoms with van der Waals surface area (Å²) in [5.41, 5.74) is 2.08. The van der Waals surface area contributed by atoms with Crippen molar-refractivity contribution in [2.24, 2.45) is 0 Å². The van der Waals surface area contributed by atoms with E-state index in [-0.39, 0.29) is 29.0 Å². The molecule has 0 fully saturated rings. The van der Waals surface area contributed by atoms with Gasteiger partial charge in [-0.25, -0.2) is 12.8 Å². The minimum absolute atomic E-state index is 0.0832. The first-order valence-corrected chi connectivity index (χ1v) is 12.1. The van der Waals surface area contributed by atoms with E-state index in [2.05, 4.69) is 10.6 Å². The van der Waals surface area contributed by atoms with Crippen LogP contribution in [0.1, 0.15) is 12.5 Å². The van der Waals surface area contributed by atoms with Crippen molar-refractivity contribution in [1.82, 2.24) is 4.57 Å². The molecule has 0 unspecified atom stereocenters. The molecule has 34 heavy (non-hydrogen) atoms. The van der Waals surface area contributed by atoms with Gasteiger partial charge in [0, 0.05) is 35.4 Å². The molecule has 0 saturated heterocycles. The molecule has 4 rings (SSSR count). The van der Waals surface area contributed by atoms with Gasteiger partial charge in [-0.05, 0) is 48.0 Å². The van der Waals surface area contributed by atoms with E-state index in [1.54, 1.807) is 59.2 Å². The Morgan fingerprint density at radius 2 is 1.59 bits per heavy atom. The number of amides is 2. The van der Waals surface area contributed by atoms with E-state index in [0.29, 0.717) is 27.8 Å². The van der Waals surface area contributed by atoms with Gasteiger partial charge >= 0.3 is 0 Å². The van der Waals surface area contributed by atoms with Gasteiger partial charge in [0.25, 0.3) is 0 Å². The Balaban J connectivity index is 1.57. The Labute approximate surface area is 196 Å². The van der Waals surface area contributed by atoms with Crippen molar-refractivity contribution in [1.29, 1.82) is 0 Å². The van der Waals surface area contributed by atoms with Gasteiger partial charge in [0.2, 0.25) is 11.8 Å². The smallest absolute Gasteiger partial charge is 0.244 e. The second-order valence-electron chi connectivity index (χ2n) is 7.83. The highest BCUT2D eigenvalue weighted by Gasteiger charge is 2.22. The predicted molar refractivity (Wildman–Crippen MR) is 129 cm³/mol. The number of nitrogens with zero attached hydrogens (tertiary/aromatic N) is 1. The molecule has 0 atom stereocenters. The van der Waals surface area contributed by atoms with Crippen LogP contribution in [0.2, 0.25) is 0 Å². The molecule has 174 valence electrons. The minimum atomic E-state index is -3.80. The molecule has 0 bridgehead atoms. The van der Waals surface area contributed by atoms with Crippen LogP contribution >= 0.6 is 0 Å². The Hall–Kier alpha value is -3.98. The van der Waals surface area contributed by atoms with Crippen LogP contribution < -0.4 is 10.6 Å². The van der Waals surface area contributed by atoms with Crippen LogP contribution in [0.4, 0.5) is 15.8 Å². The van der Waals surface area contributed by atoms with Crippen LogP contribution in [-0.4, -0.2) is 24.8 Å². The highest BCUT2D eigenvalue weighted by molar-refractivity contribution is 7.90. The zero-order valence-corrected chi connectivity index (χ0v) is 19.1. The fourth-order valence-electron chi connectivity index (χ4n) is 3.71. The predicted octanol–water partition coefficient (Wildman–Crippen LogP) is 4.35. The zero-order chi connectivity index (χ0) is 24.3. The molecule has 0 radical (unpaired) electrons. The molecule has 2 amide bonds. The van der Waals surface area contributed by atoms with Crippen molar-refractivity contribution < 1.29 is 22.4 Å². The largest absolute Gasteiger partial charge is 0.337 e. The first-order valence-electron chi connectivity index (χ1n) is 10.4. The van der Waals surface area contributed by atoms with Crippen molar-refractivity contribution in [2.45, 2.75) is 24.1 Å². The highest BCUT2D eigenvalue weighted by Crippen LogP contribution is 2.28. The first kappa shape index (κ1) is 23.2. The number of hydrogen-bond donors (Lipinski definition) is 2. The van der Waals surface area contributed by atoms with Gasteiger partial charge in [-0.15, -0.1) is 0 Å². The number of rotatable bonds is 7. The molecule has 0 aliphatic heterocycles. The van der Waals surface area contributed by atoms with Gasteiger partial charge < -0.3 is 15.2 Å². The first-order chi connectivity index (χ1) is 16.2. The van der Waals surface area contributed by atoms with Crippen molar-refractivity contribution in [3.8, 4) is 0 Å². The van der Waals surface area contributed by atoms with Gasteiger partial charge in [0.15, 0.2) is 9.84 Å². The maximum atomic E-state index is 13.5. The fraction of sp³-hybridized carbons (Fsp3) is 0.120. The van der Waals surface area contributed by atoms with E-state index < -0.39 is 15.7 Å². The van der Waals surface area contributed by atoms with Gasteiger partial charge in [0.05, 0.1) is 10.6 Å². The summed E-state index contributed by atoms with van der Waals surface area (Å²) in [7, 11) is -3.80. The summed E-state index contributed by atoms with van der Waals surface area (Å²) in [4.78, 5) is 23.9. The Morgan fingerprint density at radius 3 is 2.26 bits per heavy atom. The molecule has 3 aromatic carbocycles. The summed E-state index contributed by atoms with van der Waals surface area (Å²) in [5.74, 6) is -1.40. The highest BCUT2D eigenvalue weighted by atomic mass is 32.2. The molecule has 9 heteroatoms. The maximum absolute atomic E-state index is 13.5. The third-order valence-electron chi connectivity index (χ3n) is 5.14. The topological polar surface area (TPSA) is 97.3 Å². The third-order valence-corrected chi connectivity index (χ3v) is 6.84. The summed E-state index contributed by atoms with van der Waals surface area (Å²) in [5, 5.41) is 5.91. The lowest BCUT2D eigenvalue weighted by Crippen LogP contribution is -2.18. The van der Waals surface area contributed by atoms with Gasteiger partial charge in [-0.1, -0.05) is 30.3 Å². The van der Waals surface area contributed by atoms with E-state index >= 15 is 0 Å². The quantitative estimate of drug-likeness (QED) is 0.412. The number of fused-ring (bicyclic) bond motifs is 1. The molecule has 2 N–H and O–H groups in total. The standard InChI is InChI=1S/C25H22FN3O4S/c1-17(30)27-20-9-11-21(12-10-20)28-25(31)15-29-14-24(22-7-2-3-8-23(22)29)34(32,33)16-18-5-4-6-19(26)13-18/h2-14H,15-16H2,1H3,(H,27,30)(H,28,31). The number of anilines is 2. The Bertz CT molecular complexity index is 1480. The molecule has 0 aliphatic carbocycles. The van der Waals surface area contributed by atoms with E-state index in [0.717, 1.165) is 0 Å². The zero-order valence-electron chi connectivity index (χ0n) is 18.3. The molecule has 7 nitrogen and oxygen atoms in total. The van der Waals surface area contributed by atoms with Gasteiger partial charge in [0.1, 0.15) is 12.4 Å². The Morgan fingerprint density at radius 1 is 0.912 bits per heavy atom. The van der Waals surface area contributed by atoms with Crippen molar-refractivity contribution in [3.05, 3.63) is 90.4 Å². The molecular weight excluding hydrogens is 457 g/mol. The van der Waals surface area contributed by atoms with E-state index in [4.69, 9.17) is 0 Å². The summed E-state index contributed by atoms with van der Waals surface area (Å²) < 4.78 is 41.4. The monoisotopic (exact) mass is 479 g/mol. The van der Waals surface area contributed by atoms with E-state index in [9.17, 15) is 22.4 Å². The number of sulfone groups is 1. The van der Waals surface area contributed by atoms with Crippen LogP contribution in [0.25, 0.3) is 10.9 Å². The number of hydrogen-bond acceptors (Lipinski definition) is 4. The average Bonchev–Trinajstić information content (AvgIpc) is 3.14. The van der Waals surface area contributed by atoms with Crippen LogP contribution in [0.5, 0.6) is 0 Å². The van der Waals surface area contributed by atoms with Gasteiger partial charge in [-0.2, -0.15) is 0 Å². The number of halogens is 1. The lowest BCUT2D eigenvalue weighted by molar-refractivity contribution is -0.116. The van der Waals surface area contributed by atoms with Crippen LogP contribution in [0, 0.1) is 5.82 Å².